The lowest BCUT2D eigenvalue weighted by Crippen LogP contribution is -2.41. The largest absolute Gasteiger partial charge is 0.478 e. The Morgan fingerprint density at radius 3 is 3.09 bits per heavy atom. The SMILES string of the molecule is O=C(O)c1c[nH]c2c1=C(Nc1ccc3[nH]c(=O)sc3c1)NCN=2. The zero-order valence-electron chi connectivity index (χ0n) is 11.6. The molecule has 1 aromatic carbocycles. The number of aromatic nitrogens is 2. The first-order chi connectivity index (χ1) is 11.1. The lowest BCUT2D eigenvalue weighted by molar-refractivity contribution is 0.0695. The molecule has 5 N–H and O–H groups in total. The number of anilines is 1. The molecule has 4 rings (SSSR count). The van der Waals surface area contributed by atoms with Crippen molar-refractivity contribution in [3.63, 3.8) is 0 Å². The third-order valence-electron chi connectivity index (χ3n) is 3.52. The summed E-state index contributed by atoms with van der Waals surface area (Å²) in [7, 11) is 0. The van der Waals surface area contributed by atoms with Gasteiger partial charge in [0.2, 0.25) is 0 Å². The number of thiazole rings is 1. The monoisotopic (exact) mass is 329 g/mol. The average molecular weight is 329 g/mol. The molecular weight excluding hydrogens is 318 g/mol. The van der Waals surface area contributed by atoms with Crippen LogP contribution in [0.15, 0.2) is 34.2 Å². The smallest absolute Gasteiger partial charge is 0.338 e. The molecule has 0 aliphatic carbocycles. The first kappa shape index (κ1) is 13.6. The Balaban J connectivity index is 1.84. The fraction of sp³-hybridized carbons (Fsp3) is 0.0714. The number of benzene rings is 1. The van der Waals surface area contributed by atoms with Gasteiger partial charge >= 0.3 is 10.8 Å². The van der Waals surface area contributed by atoms with E-state index in [0.717, 1.165) is 27.2 Å². The summed E-state index contributed by atoms with van der Waals surface area (Å²) in [5.41, 5.74) is 2.19. The second-order valence-electron chi connectivity index (χ2n) is 4.95. The van der Waals surface area contributed by atoms with Crippen LogP contribution in [0.4, 0.5) is 5.69 Å². The van der Waals surface area contributed by atoms with Gasteiger partial charge < -0.3 is 25.7 Å². The fourth-order valence-electron chi connectivity index (χ4n) is 2.52. The Kier molecular flexibility index (Phi) is 2.95. The van der Waals surface area contributed by atoms with E-state index in [4.69, 9.17) is 0 Å². The number of aromatic amines is 2. The number of fused-ring (bicyclic) bond motifs is 2. The van der Waals surface area contributed by atoms with Crippen LogP contribution in [-0.4, -0.2) is 27.7 Å². The molecule has 3 heterocycles. The lowest BCUT2D eigenvalue weighted by Gasteiger charge is -2.14. The van der Waals surface area contributed by atoms with Gasteiger partial charge in [0.25, 0.3) is 0 Å². The minimum atomic E-state index is -1.03. The third-order valence-corrected chi connectivity index (χ3v) is 4.37. The van der Waals surface area contributed by atoms with Crippen LogP contribution < -0.4 is 26.2 Å². The molecule has 0 fully saturated rings. The summed E-state index contributed by atoms with van der Waals surface area (Å²) in [5.74, 6) is -0.462. The number of carbonyl (C=O) groups is 1. The molecule has 1 aliphatic heterocycles. The molecule has 0 unspecified atom stereocenters. The van der Waals surface area contributed by atoms with Crippen molar-refractivity contribution >= 4 is 39.0 Å². The van der Waals surface area contributed by atoms with Gasteiger partial charge in [-0.15, -0.1) is 0 Å². The fourth-order valence-corrected chi connectivity index (χ4v) is 3.29. The number of nitrogens with zero attached hydrogens (tertiary/aromatic N) is 1. The number of aromatic carboxylic acids is 1. The summed E-state index contributed by atoms with van der Waals surface area (Å²) in [4.78, 5) is 32.4. The number of carboxylic acid groups (broad SMARTS) is 1. The molecule has 0 radical (unpaired) electrons. The molecule has 0 saturated heterocycles. The Morgan fingerprint density at radius 2 is 2.26 bits per heavy atom. The zero-order chi connectivity index (χ0) is 16.0. The van der Waals surface area contributed by atoms with Gasteiger partial charge in [-0.2, -0.15) is 0 Å². The summed E-state index contributed by atoms with van der Waals surface area (Å²) >= 11 is 1.12. The molecule has 0 saturated carbocycles. The summed E-state index contributed by atoms with van der Waals surface area (Å²) < 4.78 is 0.828. The normalized spacial score (nSPS) is 13.3. The number of carboxylic acids is 1. The van der Waals surface area contributed by atoms with E-state index in [1.165, 1.54) is 6.20 Å². The summed E-state index contributed by atoms with van der Waals surface area (Å²) in [6.07, 6.45) is 1.42. The van der Waals surface area contributed by atoms with Crippen molar-refractivity contribution in [1.29, 1.82) is 0 Å². The maximum absolute atomic E-state index is 11.4. The maximum Gasteiger partial charge on any atom is 0.338 e. The third kappa shape index (κ3) is 2.27. The molecule has 0 amide bonds. The summed E-state index contributed by atoms with van der Waals surface area (Å²) in [6.45, 7) is 0.342. The molecule has 9 heteroatoms. The van der Waals surface area contributed by atoms with E-state index in [0.29, 0.717) is 23.2 Å². The van der Waals surface area contributed by atoms with Crippen LogP contribution in [0.1, 0.15) is 10.4 Å². The van der Waals surface area contributed by atoms with Crippen LogP contribution >= 0.6 is 11.3 Å². The van der Waals surface area contributed by atoms with Crippen LogP contribution in [0.25, 0.3) is 16.0 Å². The number of rotatable bonds is 3. The predicted molar refractivity (Wildman–Crippen MR) is 86.0 cm³/mol. The Morgan fingerprint density at radius 1 is 1.39 bits per heavy atom. The molecule has 1 aliphatic rings. The highest BCUT2D eigenvalue weighted by atomic mass is 32.1. The van der Waals surface area contributed by atoms with Gasteiger partial charge in [-0.3, -0.25) is 4.79 Å². The molecule has 0 spiro atoms. The van der Waals surface area contributed by atoms with Crippen molar-refractivity contribution in [3.05, 3.63) is 50.3 Å². The highest BCUT2D eigenvalue weighted by Crippen LogP contribution is 2.20. The highest BCUT2D eigenvalue weighted by Gasteiger charge is 2.15. The van der Waals surface area contributed by atoms with Gasteiger partial charge in [0.1, 0.15) is 18.0 Å². The number of nitrogens with one attached hydrogen (secondary N) is 4. The van der Waals surface area contributed by atoms with Gasteiger partial charge in [0.05, 0.1) is 21.0 Å². The van der Waals surface area contributed by atoms with Crippen LogP contribution in [0, 0.1) is 0 Å². The lowest BCUT2D eigenvalue weighted by atomic mass is 10.2. The van der Waals surface area contributed by atoms with Gasteiger partial charge in [-0.05, 0) is 18.2 Å². The van der Waals surface area contributed by atoms with Crippen LogP contribution in [0.3, 0.4) is 0 Å². The van der Waals surface area contributed by atoms with Crippen molar-refractivity contribution in [2.75, 3.05) is 12.0 Å². The Bertz CT molecular complexity index is 1110. The Hall–Kier alpha value is -3.07. The molecule has 116 valence electrons. The first-order valence-corrected chi connectivity index (χ1v) is 7.57. The minimum absolute atomic E-state index is 0.111. The molecule has 8 nitrogen and oxygen atoms in total. The molecule has 0 bridgehead atoms. The molecule has 23 heavy (non-hydrogen) atoms. The van der Waals surface area contributed by atoms with Crippen molar-refractivity contribution in [3.8, 4) is 0 Å². The van der Waals surface area contributed by atoms with E-state index in [9.17, 15) is 14.7 Å². The van der Waals surface area contributed by atoms with Crippen molar-refractivity contribution in [2.24, 2.45) is 4.99 Å². The van der Waals surface area contributed by atoms with Crippen molar-refractivity contribution < 1.29 is 9.90 Å². The average Bonchev–Trinajstić information content (AvgIpc) is 3.09. The highest BCUT2D eigenvalue weighted by molar-refractivity contribution is 7.16. The first-order valence-electron chi connectivity index (χ1n) is 6.75. The quantitative estimate of drug-likeness (QED) is 0.462. The van der Waals surface area contributed by atoms with Crippen molar-refractivity contribution in [1.82, 2.24) is 15.3 Å². The van der Waals surface area contributed by atoms with E-state index < -0.39 is 5.97 Å². The topological polar surface area (TPSA) is 122 Å². The number of hydrogen-bond acceptors (Lipinski definition) is 6. The van der Waals surface area contributed by atoms with Gasteiger partial charge in [0.15, 0.2) is 0 Å². The van der Waals surface area contributed by atoms with E-state index in [1.54, 1.807) is 6.07 Å². The van der Waals surface area contributed by atoms with Crippen LogP contribution in [0.5, 0.6) is 0 Å². The van der Waals surface area contributed by atoms with Crippen LogP contribution in [-0.2, 0) is 0 Å². The van der Waals surface area contributed by atoms with Crippen molar-refractivity contribution in [2.45, 2.75) is 0 Å². The van der Waals surface area contributed by atoms with Gasteiger partial charge in [0, 0.05) is 11.9 Å². The van der Waals surface area contributed by atoms with E-state index in [1.807, 2.05) is 12.1 Å². The standard InChI is InChI=1S/C14H11N5O3S/c20-13(21)7-4-15-11-10(7)12(17-5-16-11)18-6-1-2-8-9(3-6)23-14(22)19-8/h1-4,17-18H,5H2,(H,15,16)(H,19,22)(H,20,21). The maximum atomic E-state index is 11.4. The van der Waals surface area contributed by atoms with Gasteiger partial charge in [-0.25, -0.2) is 9.79 Å². The second kappa shape index (κ2) is 4.99. The minimum Gasteiger partial charge on any atom is -0.478 e. The summed E-state index contributed by atoms with van der Waals surface area (Å²) in [6, 6.07) is 5.46. The summed E-state index contributed by atoms with van der Waals surface area (Å²) in [5, 5.41) is 16.0. The van der Waals surface area contributed by atoms with Gasteiger partial charge in [-0.1, -0.05) is 11.3 Å². The van der Waals surface area contributed by atoms with Crippen LogP contribution in [0.2, 0.25) is 0 Å². The molecule has 0 atom stereocenters. The molecule has 3 aromatic rings. The number of hydrogen-bond donors (Lipinski definition) is 5. The number of H-pyrrole nitrogens is 2. The molecular formula is C14H11N5O3S. The molecule has 2 aromatic heterocycles. The zero-order valence-corrected chi connectivity index (χ0v) is 12.5. The van der Waals surface area contributed by atoms with E-state index in [-0.39, 0.29) is 10.4 Å². The van der Waals surface area contributed by atoms with E-state index in [2.05, 4.69) is 25.6 Å². The predicted octanol–water partition coefficient (Wildman–Crippen LogP) is -0.0260. The Labute approximate surface area is 132 Å². The van der Waals surface area contributed by atoms with E-state index >= 15 is 0 Å². The second-order valence-corrected chi connectivity index (χ2v) is 5.96.